The maximum atomic E-state index is 12.7. The van der Waals surface area contributed by atoms with Gasteiger partial charge >= 0.3 is 0 Å². The first-order chi connectivity index (χ1) is 12.4. The van der Waals surface area contributed by atoms with Gasteiger partial charge in [-0.25, -0.2) is 13.1 Å². The molecule has 0 aromatic heterocycles. The maximum absolute atomic E-state index is 12.7. The van der Waals surface area contributed by atoms with E-state index in [9.17, 15) is 13.2 Å². The Balaban J connectivity index is 2.24. The average molecular weight is 376 g/mol. The standard InChI is InChI=1S/C19H24N2O4S/c1-3-21(12-13-22)19(23)17-10-7-11-18(14-17)26(24,25)20-15(2)16-8-5-4-6-9-16/h4-11,14-15,20,22H,3,12-13H2,1-2H3/t15-/m1/s1. The summed E-state index contributed by atoms with van der Waals surface area (Å²) in [7, 11) is -3.78. The van der Waals surface area contributed by atoms with Crippen molar-refractivity contribution in [2.75, 3.05) is 19.7 Å². The number of carbonyl (C=O) groups excluding carboxylic acids is 1. The van der Waals surface area contributed by atoms with Crippen LogP contribution in [0.25, 0.3) is 0 Å². The molecule has 0 spiro atoms. The van der Waals surface area contributed by atoms with Crippen molar-refractivity contribution < 1.29 is 18.3 Å². The molecule has 0 saturated carbocycles. The Kier molecular flexibility index (Phi) is 6.90. The van der Waals surface area contributed by atoms with E-state index in [-0.39, 0.29) is 29.5 Å². The van der Waals surface area contributed by atoms with E-state index in [0.29, 0.717) is 6.54 Å². The fourth-order valence-corrected chi connectivity index (χ4v) is 3.89. The highest BCUT2D eigenvalue weighted by Crippen LogP contribution is 2.18. The van der Waals surface area contributed by atoms with Crippen molar-refractivity contribution in [2.45, 2.75) is 24.8 Å². The molecular formula is C19H24N2O4S. The number of sulfonamides is 1. The van der Waals surface area contributed by atoms with Gasteiger partial charge in [-0.2, -0.15) is 0 Å². The molecule has 1 amide bonds. The minimum Gasteiger partial charge on any atom is -0.395 e. The highest BCUT2D eigenvalue weighted by Gasteiger charge is 2.21. The van der Waals surface area contributed by atoms with Crippen LogP contribution < -0.4 is 4.72 Å². The van der Waals surface area contributed by atoms with Gasteiger partial charge in [0.05, 0.1) is 11.5 Å². The van der Waals surface area contributed by atoms with Gasteiger partial charge < -0.3 is 10.0 Å². The lowest BCUT2D eigenvalue weighted by Gasteiger charge is -2.20. The molecule has 7 heteroatoms. The normalized spacial score (nSPS) is 12.6. The van der Waals surface area contributed by atoms with Crippen LogP contribution in [0.5, 0.6) is 0 Å². The Morgan fingerprint density at radius 2 is 1.85 bits per heavy atom. The van der Waals surface area contributed by atoms with E-state index in [1.165, 1.54) is 17.0 Å². The van der Waals surface area contributed by atoms with Gasteiger partial charge in [0, 0.05) is 24.7 Å². The van der Waals surface area contributed by atoms with Crippen molar-refractivity contribution in [2.24, 2.45) is 0 Å². The molecule has 0 heterocycles. The first-order valence-electron chi connectivity index (χ1n) is 8.46. The first-order valence-corrected chi connectivity index (χ1v) is 9.95. The third-order valence-corrected chi connectivity index (χ3v) is 5.60. The molecular weight excluding hydrogens is 352 g/mol. The van der Waals surface area contributed by atoms with Crippen LogP contribution in [-0.2, 0) is 10.0 Å². The second-order valence-corrected chi connectivity index (χ2v) is 7.60. The van der Waals surface area contributed by atoms with E-state index in [0.717, 1.165) is 5.56 Å². The summed E-state index contributed by atoms with van der Waals surface area (Å²) < 4.78 is 28.0. The molecule has 0 unspecified atom stereocenters. The SMILES string of the molecule is CCN(CCO)C(=O)c1cccc(S(=O)(=O)N[C@H](C)c2ccccc2)c1. The molecule has 140 valence electrons. The van der Waals surface area contributed by atoms with Crippen LogP contribution in [0, 0.1) is 0 Å². The van der Waals surface area contributed by atoms with E-state index in [4.69, 9.17) is 5.11 Å². The van der Waals surface area contributed by atoms with Crippen LogP contribution >= 0.6 is 0 Å². The Bertz CT molecular complexity index is 838. The number of nitrogens with one attached hydrogen (secondary N) is 1. The molecule has 2 aromatic carbocycles. The molecule has 0 bridgehead atoms. The second-order valence-electron chi connectivity index (χ2n) is 5.89. The Morgan fingerprint density at radius 3 is 2.46 bits per heavy atom. The van der Waals surface area contributed by atoms with E-state index < -0.39 is 16.1 Å². The van der Waals surface area contributed by atoms with E-state index in [2.05, 4.69) is 4.72 Å². The molecule has 0 aliphatic heterocycles. The number of aliphatic hydroxyl groups is 1. The Morgan fingerprint density at radius 1 is 1.15 bits per heavy atom. The summed E-state index contributed by atoms with van der Waals surface area (Å²) in [5.74, 6) is -0.310. The van der Waals surface area contributed by atoms with Crippen LogP contribution in [-0.4, -0.2) is 44.0 Å². The lowest BCUT2D eigenvalue weighted by atomic mass is 10.1. The zero-order chi connectivity index (χ0) is 19.2. The quantitative estimate of drug-likeness (QED) is 0.739. The lowest BCUT2D eigenvalue weighted by molar-refractivity contribution is 0.0731. The average Bonchev–Trinajstić information content (AvgIpc) is 2.66. The smallest absolute Gasteiger partial charge is 0.253 e. The molecule has 6 nitrogen and oxygen atoms in total. The van der Waals surface area contributed by atoms with Gasteiger partial charge in [-0.3, -0.25) is 4.79 Å². The van der Waals surface area contributed by atoms with Crippen molar-refractivity contribution in [3.8, 4) is 0 Å². The molecule has 2 aromatic rings. The van der Waals surface area contributed by atoms with Gasteiger partial charge in [-0.05, 0) is 37.6 Å². The third kappa shape index (κ3) is 4.91. The maximum Gasteiger partial charge on any atom is 0.253 e. The Labute approximate surface area is 154 Å². The number of amides is 1. The molecule has 2 rings (SSSR count). The number of aliphatic hydroxyl groups excluding tert-OH is 1. The van der Waals surface area contributed by atoms with Crippen molar-refractivity contribution >= 4 is 15.9 Å². The number of hydrogen-bond acceptors (Lipinski definition) is 4. The monoisotopic (exact) mass is 376 g/mol. The molecule has 0 radical (unpaired) electrons. The summed E-state index contributed by atoms with van der Waals surface area (Å²) in [6, 6.07) is 14.8. The number of carbonyl (C=O) groups is 1. The summed E-state index contributed by atoms with van der Waals surface area (Å²) in [5, 5.41) is 9.06. The predicted molar refractivity (Wildman–Crippen MR) is 100 cm³/mol. The highest BCUT2D eigenvalue weighted by molar-refractivity contribution is 7.89. The highest BCUT2D eigenvalue weighted by atomic mass is 32.2. The summed E-state index contributed by atoms with van der Waals surface area (Å²) in [4.78, 5) is 14.0. The molecule has 0 saturated heterocycles. The summed E-state index contributed by atoms with van der Waals surface area (Å²) in [6.45, 7) is 4.06. The van der Waals surface area contributed by atoms with Gasteiger partial charge in [0.15, 0.2) is 0 Å². The Hall–Kier alpha value is -2.22. The van der Waals surface area contributed by atoms with Gasteiger partial charge in [-0.1, -0.05) is 36.4 Å². The van der Waals surface area contributed by atoms with E-state index >= 15 is 0 Å². The first kappa shape index (κ1) is 20.1. The predicted octanol–water partition coefficient (Wildman–Crippen LogP) is 2.18. The number of rotatable bonds is 8. The minimum absolute atomic E-state index is 0.0335. The van der Waals surface area contributed by atoms with Crippen molar-refractivity contribution in [1.82, 2.24) is 9.62 Å². The molecule has 0 aliphatic carbocycles. The molecule has 1 atom stereocenters. The topological polar surface area (TPSA) is 86.7 Å². The second kappa shape index (κ2) is 8.93. The van der Waals surface area contributed by atoms with Crippen molar-refractivity contribution in [1.29, 1.82) is 0 Å². The molecule has 2 N–H and O–H groups in total. The van der Waals surface area contributed by atoms with E-state index in [1.807, 2.05) is 30.3 Å². The van der Waals surface area contributed by atoms with Crippen LogP contribution in [0.4, 0.5) is 0 Å². The zero-order valence-electron chi connectivity index (χ0n) is 14.9. The number of likely N-dealkylation sites (N-methyl/N-ethyl adjacent to an activating group) is 1. The summed E-state index contributed by atoms with van der Waals surface area (Å²) in [5.41, 5.74) is 1.12. The third-order valence-electron chi connectivity index (χ3n) is 4.06. The fourth-order valence-electron chi connectivity index (χ4n) is 2.61. The largest absolute Gasteiger partial charge is 0.395 e. The summed E-state index contributed by atoms with van der Waals surface area (Å²) in [6.07, 6.45) is 0. The summed E-state index contributed by atoms with van der Waals surface area (Å²) >= 11 is 0. The fraction of sp³-hybridized carbons (Fsp3) is 0.316. The van der Waals surface area contributed by atoms with Gasteiger partial charge in [0.2, 0.25) is 10.0 Å². The lowest BCUT2D eigenvalue weighted by Crippen LogP contribution is -2.33. The van der Waals surface area contributed by atoms with Gasteiger partial charge in [0.1, 0.15) is 0 Å². The zero-order valence-corrected chi connectivity index (χ0v) is 15.7. The molecule has 0 aliphatic rings. The van der Waals surface area contributed by atoms with E-state index in [1.54, 1.807) is 26.0 Å². The molecule has 26 heavy (non-hydrogen) atoms. The van der Waals surface area contributed by atoms with Crippen LogP contribution in [0.2, 0.25) is 0 Å². The van der Waals surface area contributed by atoms with Gasteiger partial charge in [-0.15, -0.1) is 0 Å². The minimum atomic E-state index is -3.78. The van der Waals surface area contributed by atoms with Crippen LogP contribution in [0.15, 0.2) is 59.5 Å². The molecule has 0 fully saturated rings. The van der Waals surface area contributed by atoms with Crippen LogP contribution in [0.1, 0.15) is 35.8 Å². The van der Waals surface area contributed by atoms with Crippen molar-refractivity contribution in [3.05, 3.63) is 65.7 Å². The van der Waals surface area contributed by atoms with Gasteiger partial charge in [0.25, 0.3) is 5.91 Å². The number of hydrogen-bond donors (Lipinski definition) is 2. The van der Waals surface area contributed by atoms with Crippen LogP contribution in [0.3, 0.4) is 0 Å². The number of nitrogens with zero attached hydrogens (tertiary/aromatic N) is 1. The van der Waals surface area contributed by atoms with Crippen molar-refractivity contribution in [3.63, 3.8) is 0 Å². The number of benzene rings is 2.